The van der Waals surface area contributed by atoms with Crippen LogP contribution in [0.4, 0.5) is 11.4 Å². The van der Waals surface area contributed by atoms with Crippen molar-refractivity contribution in [3.8, 4) is 0 Å². The molecule has 0 saturated carbocycles. The average Bonchev–Trinajstić information content (AvgIpc) is 3.19. The predicted octanol–water partition coefficient (Wildman–Crippen LogP) is 7.42. The number of fused-ring (bicyclic) bond motifs is 3. The van der Waals surface area contributed by atoms with Crippen LogP contribution in [0.2, 0.25) is 0 Å². The van der Waals surface area contributed by atoms with Crippen molar-refractivity contribution in [3.63, 3.8) is 0 Å². The van der Waals surface area contributed by atoms with Gasteiger partial charge in [0.05, 0.1) is 16.3 Å². The van der Waals surface area contributed by atoms with Gasteiger partial charge in [0.1, 0.15) is 0 Å². The first-order chi connectivity index (χ1) is 16.6. The van der Waals surface area contributed by atoms with Crippen LogP contribution in [0, 0.1) is 0 Å². The van der Waals surface area contributed by atoms with E-state index in [-0.39, 0.29) is 11.2 Å². The zero-order chi connectivity index (χ0) is 23.5. The summed E-state index contributed by atoms with van der Waals surface area (Å²) in [6.07, 6.45) is 0. The zero-order valence-electron chi connectivity index (χ0n) is 18.6. The summed E-state index contributed by atoms with van der Waals surface area (Å²) >= 11 is 6.99. The van der Waals surface area contributed by atoms with Crippen LogP contribution < -0.4 is 10.6 Å². The fourth-order valence-electron chi connectivity index (χ4n) is 4.06. The molecule has 4 aromatic carbocycles. The van der Waals surface area contributed by atoms with Crippen molar-refractivity contribution in [1.29, 1.82) is 0 Å². The molecule has 2 N–H and O–H groups in total. The van der Waals surface area contributed by atoms with E-state index in [1.807, 2.05) is 102 Å². The number of rotatable bonds is 5. The van der Waals surface area contributed by atoms with Crippen LogP contribution in [0.25, 0.3) is 21.8 Å². The van der Waals surface area contributed by atoms with Crippen molar-refractivity contribution in [1.82, 2.24) is 4.57 Å². The number of nitrogens with one attached hydrogen (secondary N) is 2. The van der Waals surface area contributed by atoms with Gasteiger partial charge >= 0.3 is 0 Å². The molecule has 0 spiro atoms. The van der Waals surface area contributed by atoms with Gasteiger partial charge in [-0.3, -0.25) is 9.36 Å². The minimum Gasteiger partial charge on any atom is -0.332 e. The fraction of sp³-hybridized carbons (Fsp3) is 0.0714. The summed E-state index contributed by atoms with van der Waals surface area (Å²) < 4.78 is 1.85. The maximum atomic E-state index is 13.6. The standard InChI is InChI=1S/C28H23N3OS2/c1-19(27(32)31-25-16-7-5-14-23(25)24-15-6-8-17-26(24)31)34-22-13-9-12-21(18-22)30-28(33)29-20-10-3-2-4-11-20/h2-19H,1H3,(H2,29,30,33). The first-order valence-electron chi connectivity index (χ1n) is 11.0. The molecule has 1 aromatic heterocycles. The molecule has 0 aliphatic heterocycles. The van der Waals surface area contributed by atoms with Crippen LogP contribution in [-0.4, -0.2) is 20.8 Å². The summed E-state index contributed by atoms with van der Waals surface area (Å²) in [6, 6.07) is 33.9. The summed E-state index contributed by atoms with van der Waals surface area (Å²) in [6.45, 7) is 1.96. The van der Waals surface area contributed by atoms with Crippen LogP contribution in [0.3, 0.4) is 0 Å². The maximum Gasteiger partial charge on any atom is 0.244 e. The van der Waals surface area contributed by atoms with E-state index < -0.39 is 0 Å². The molecule has 34 heavy (non-hydrogen) atoms. The molecule has 0 saturated heterocycles. The summed E-state index contributed by atoms with van der Waals surface area (Å²) in [7, 11) is 0. The van der Waals surface area contributed by atoms with Gasteiger partial charge in [-0.1, -0.05) is 60.7 Å². The monoisotopic (exact) mass is 481 g/mol. The molecule has 0 fully saturated rings. The number of hydrogen-bond donors (Lipinski definition) is 2. The summed E-state index contributed by atoms with van der Waals surface area (Å²) in [5, 5.41) is 8.83. The van der Waals surface area contributed by atoms with E-state index >= 15 is 0 Å². The van der Waals surface area contributed by atoms with Crippen molar-refractivity contribution in [2.45, 2.75) is 17.1 Å². The van der Waals surface area contributed by atoms with E-state index in [0.717, 1.165) is 38.1 Å². The Hall–Kier alpha value is -3.61. The molecule has 6 heteroatoms. The number of para-hydroxylation sites is 3. The topological polar surface area (TPSA) is 46.1 Å². The second-order valence-electron chi connectivity index (χ2n) is 7.94. The van der Waals surface area contributed by atoms with E-state index in [4.69, 9.17) is 12.2 Å². The maximum absolute atomic E-state index is 13.6. The number of benzene rings is 4. The molecule has 4 nitrogen and oxygen atoms in total. The molecular weight excluding hydrogens is 458 g/mol. The van der Waals surface area contributed by atoms with Crippen molar-refractivity contribution < 1.29 is 4.79 Å². The zero-order valence-corrected chi connectivity index (χ0v) is 20.2. The van der Waals surface area contributed by atoms with Gasteiger partial charge < -0.3 is 10.6 Å². The molecule has 0 aliphatic rings. The Bertz CT molecular complexity index is 1440. The minimum atomic E-state index is -0.274. The molecule has 0 aliphatic carbocycles. The van der Waals surface area contributed by atoms with E-state index in [1.165, 1.54) is 11.8 Å². The van der Waals surface area contributed by atoms with Crippen LogP contribution in [0.1, 0.15) is 11.7 Å². The average molecular weight is 482 g/mol. The van der Waals surface area contributed by atoms with Gasteiger partial charge in [0.2, 0.25) is 5.91 Å². The lowest BCUT2D eigenvalue weighted by atomic mass is 10.2. The van der Waals surface area contributed by atoms with E-state index in [9.17, 15) is 4.79 Å². The first kappa shape index (κ1) is 22.2. The number of hydrogen-bond acceptors (Lipinski definition) is 3. The number of aromatic nitrogens is 1. The number of thioether (sulfide) groups is 1. The molecule has 0 amide bonds. The highest BCUT2D eigenvalue weighted by molar-refractivity contribution is 8.00. The molecule has 168 valence electrons. The quantitative estimate of drug-likeness (QED) is 0.202. The van der Waals surface area contributed by atoms with Gasteiger partial charge in [0.15, 0.2) is 5.11 Å². The summed E-state index contributed by atoms with van der Waals surface area (Å²) in [5.74, 6) is 0.0574. The number of carbonyl (C=O) groups excluding carboxylic acids is 1. The third kappa shape index (κ3) is 4.55. The second-order valence-corrected chi connectivity index (χ2v) is 9.76. The molecular formula is C28H23N3OS2. The van der Waals surface area contributed by atoms with Crippen LogP contribution in [0.5, 0.6) is 0 Å². The van der Waals surface area contributed by atoms with Gasteiger partial charge in [-0.2, -0.15) is 0 Å². The molecule has 5 rings (SSSR count). The molecule has 0 radical (unpaired) electrons. The van der Waals surface area contributed by atoms with Crippen molar-refractivity contribution in [2.24, 2.45) is 0 Å². The van der Waals surface area contributed by atoms with Gasteiger partial charge in [-0.15, -0.1) is 11.8 Å². The minimum absolute atomic E-state index is 0.0574. The Balaban J connectivity index is 1.34. The fourth-order valence-corrected chi connectivity index (χ4v) is 5.26. The van der Waals surface area contributed by atoms with Crippen molar-refractivity contribution in [2.75, 3.05) is 10.6 Å². The third-order valence-corrected chi connectivity index (χ3v) is 6.87. The van der Waals surface area contributed by atoms with E-state index in [1.54, 1.807) is 0 Å². The number of nitrogens with zero attached hydrogens (tertiary/aromatic N) is 1. The van der Waals surface area contributed by atoms with Crippen molar-refractivity contribution >= 4 is 68.2 Å². The largest absolute Gasteiger partial charge is 0.332 e. The molecule has 1 atom stereocenters. The lowest BCUT2D eigenvalue weighted by Gasteiger charge is -2.15. The Morgan fingerprint density at radius 2 is 1.32 bits per heavy atom. The molecule has 5 aromatic rings. The Kier molecular flexibility index (Phi) is 6.34. The second kappa shape index (κ2) is 9.71. The highest BCUT2D eigenvalue weighted by Crippen LogP contribution is 2.32. The van der Waals surface area contributed by atoms with Gasteiger partial charge in [0, 0.05) is 27.0 Å². The molecule has 1 unspecified atom stereocenters. The normalized spacial score (nSPS) is 11.9. The SMILES string of the molecule is CC(Sc1cccc(NC(=S)Nc2ccccc2)c1)C(=O)n1c2ccccc2c2ccccc21. The van der Waals surface area contributed by atoms with Gasteiger partial charge in [0.25, 0.3) is 0 Å². The van der Waals surface area contributed by atoms with Crippen LogP contribution in [-0.2, 0) is 0 Å². The van der Waals surface area contributed by atoms with Crippen LogP contribution >= 0.6 is 24.0 Å². The number of thiocarbonyl (C=S) groups is 1. The Morgan fingerprint density at radius 3 is 2.00 bits per heavy atom. The highest BCUT2D eigenvalue weighted by Gasteiger charge is 2.21. The van der Waals surface area contributed by atoms with E-state index in [0.29, 0.717) is 5.11 Å². The van der Waals surface area contributed by atoms with Crippen LogP contribution in [0.15, 0.2) is 108 Å². The lowest BCUT2D eigenvalue weighted by molar-refractivity contribution is 0.0925. The summed E-state index contributed by atoms with van der Waals surface area (Å²) in [4.78, 5) is 14.6. The Morgan fingerprint density at radius 1 is 0.765 bits per heavy atom. The number of anilines is 2. The Labute approximate surface area is 208 Å². The highest BCUT2D eigenvalue weighted by atomic mass is 32.2. The predicted molar refractivity (Wildman–Crippen MR) is 148 cm³/mol. The third-order valence-electron chi connectivity index (χ3n) is 5.58. The summed E-state index contributed by atoms with van der Waals surface area (Å²) in [5.41, 5.74) is 3.67. The molecule has 0 bridgehead atoms. The smallest absolute Gasteiger partial charge is 0.244 e. The van der Waals surface area contributed by atoms with Gasteiger partial charge in [-0.05, 0) is 61.6 Å². The number of carbonyl (C=O) groups is 1. The lowest BCUT2D eigenvalue weighted by Crippen LogP contribution is -2.21. The van der Waals surface area contributed by atoms with Crippen molar-refractivity contribution in [3.05, 3.63) is 103 Å². The van der Waals surface area contributed by atoms with Gasteiger partial charge in [-0.25, -0.2) is 0 Å². The first-order valence-corrected chi connectivity index (χ1v) is 12.3. The van der Waals surface area contributed by atoms with E-state index in [2.05, 4.69) is 22.8 Å². The molecule has 1 heterocycles.